The highest BCUT2D eigenvalue weighted by molar-refractivity contribution is 7.16. The Hall–Kier alpha value is -2.54. The number of fused-ring (bicyclic) bond motifs is 1. The summed E-state index contributed by atoms with van der Waals surface area (Å²) in [5.41, 5.74) is 1.29. The zero-order valence-electron chi connectivity index (χ0n) is 12.7. The Balaban J connectivity index is 2.12. The number of hydrogen-bond acceptors (Lipinski definition) is 5. The van der Waals surface area contributed by atoms with Crippen molar-refractivity contribution in [2.24, 2.45) is 5.92 Å². The molecular formula is C16H15N3O3S. The molecule has 0 saturated carbocycles. The quantitative estimate of drug-likeness (QED) is 0.583. The number of nitrogens with zero attached hydrogens (tertiary/aromatic N) is 2. The van der Waals surface area contributed by atoms with Crippen molar-refractivity contribution in [3.05, 3.63) is 55.7 Å². The van der Waals surface area contributed by atoms with Gasteiger partial charge in [0.1, 0.15) is 10.7 Å². The van der Waals surface area contributed by atoms with E-state index in [1.165, 1.54) is 23.5 Å². The second-order valence-electron chi connectivity index (χ2n) is 5.76. The molecule has 0 fully saturated rings. The van der Waals surface area contributed by atoms with Gasteiger partial charge in [-0.2, -0.15) is 0 Å². The molecule has 0 spiro atoms. The van der Waals surface area contributed by atoms with E-state index in [1.807, 2.05) is 5.38 Å². The lowest BCUT2D eigenvalue weighted by Crippen LogP contribution is -2.10. The van der Waals surface area contributed by atoms with E-state index in [0.717, 1.165) is 12.0 Å². The minimum Gasteiger partial charge on any atom is -0.306 e. The van der Waals surface area contributed by atoms with Gasteiger partial charge >= 0.3 is 0 Å². The zero-order valence-corrected chi connectivity index (χ0v) is 13.5. The average molecular weight is 329 g/mol. The summed E-state index contributed by atoms with van der Waals surface area (Å²) in [5.74, 6) is 0.799. The predicted octanol–water partition coefficient (Wildman–Crippen LogP) is 3.76. The van der Waals surface area contributed by atoms with Crippen molar-refractivity contribution < 1.29 is 4.92 Å². The van der Waals surface area contributed by atoms with Crippen LogP contribution in [0.1, 0.15) is 19.4 Å². The van der Waals surface area contributed by atoms with Gasteiger partial charge in [-0.15, -0.1) is 11.3 Å². The number of aromatic nitrogens is 2. The van der Waals surface area contributed by atoms with Crippen LogP contribution in [0.25, 0.3) is 21.6 Å². The van der Waals surface area contributed by atoms with Crippen LogP contribution in [0.4, 0.5) is 5.69 Å². The molecule has 0 saturated heterocycles. The number of non-ortho nitro benzene ring substituents is 1. The van der Waals surface area contributed by atoms with E-state index in [4.69, 9.17) is 0 Å². The first-order valence-electron chi connectivity index (χ1n) is 7.21. The van der Waals surface area contributed by atoms with E-state index in [9.17, 15) is 14.9 Å². The average Bonchev–Trinajstić information content (AvgIpc) is 2.90. The van der Waals surface area contributed by atoms with E-state index in [1.54, 1.807) is 12.1 Å². The number of aromatic amines is 1. The fourth-order valence-electron chi connectivity index (χ4n) is 2.50. The van der Waals surface area contributed by atoms with Crippen LogP contribution in [0, 0.1) is 16.0 Å². The molecule has 3 aromatic rings. The molecule has 118 valence electrons. The first kappa shape index (κ1) is 15.4. The van der Waals surface area contributed by atoms with Crippen molar-refractivity contribution in [2.45, 2.75) is 20.3 Å². The van der Waals surface area contributed by atoms with E-state index in [-0.39, 0.29) is 11.2 Å². The number of nitro groups is 1. The minimum atomic E-state index is -0.466. The van der Waals surface area contributed by atoms with Gasteiger partial charge in [-0.1, -0.05) is 26.0 Å². The lowest BCUT2D eigenvalue weighted by molar-refractivity contribution is -0.384. The number of rotatable bonds is 4. The van der Waals surface area contributed by atoms with Gasteiger partial charge in [0.2, 0.25) is 0 Å². The summed E-state index contributed by atoms with van der Waals surface area (Å²) in [5, 5.41) is 13.5. The van der Waals surface area contributed by atoms with Crippen LogP contribution in [0.2, 0.25) is 0 Å². The van der Waals surface area contributed by atoms with Crippen LogP contribution < -0.4 is 5.56 Å². The third-order valence-corrected chi connectivity index (χ3v) is 4.40. The first-order chi connectivity index (χ1) is 11.0. The molecule has 0 radical (unpaired) electrons. The van der Waals surface area contributed by atoms with Gasteiger partial charge in [0.15, 0.2) is 0 Å². The maximum atomic E-state index is 12.4. The predicted molar refractivity (Wildman–Crippen MR) is 90.9 cm³/mol. The molecule has 0 aliphatic heterocycles. The smallest absolute Gasteiger partial charge is 0.270 e. The van der Waals surface area contributed by atoms with E-state index >= 15 is 0 Å². The van der Waals surface area contributed by atoms with Gasteiger partial charge in [-0.05, 0) is 23.3 Å². The zero-order chi connectivity index (χ0) is 16.6. The summed E-state index contributed by atoms with van der Waals surface area (Å²) < 4.78 is 0. The third-order valence-electron chi connectivity index (χ3n) is 3.48. The Labute approximate surface area is 136 Å². The standard InChI is InChI=1S/C16H15N3O3S/c1-9(2)6-11-8-23-16-13(11)15(20)17-14(18-16)10-4-3-5-12(7-10)19(21)22/h3-5,7-9H,6H2,1-2H3,(H,17,18,20). The summed E-state index contributed by atoms with van der Waals surface area (Å²) in [6.45, 7) is 4.20. The molecule has 7 heteroatoms. The lowest BCUT2D eigenvalue weighted by Gasteiger charge is -2.04. The van der Waals surface area contributed by atoms with E-state index in [2.05, 4.69) is 23.8 Å². The van der Waals surface area contributed by atoms with Crippen LogP contribution in [0.5, 0.6) is 0 Å². The SMILES string of the molecule is CC(C)Cc1csc2nc(-c3cccc([N+](=O)[O-])c3)[nH]c(=O)c12. The number of H-pyrrole nitrogens is 1. The molecule has 2 aromatic heterocycles. The monoisotopic (exact) mass is 329 g/mol. The molecular weight excluding hydrogens is 314 g/mol. The van der Waals surface area contributed by atoms with Gasteiger partial charge in [0.05, 0.1) is 10.3 Å². The molecule has 0 unspecified atom stereocenters. The number of nitro benzene ring substituents is 1. The van der Waals surface area contributed by atoms with E-state index < -0.39 is 4.92 Å². The molecule has 6 nitrogen and oxygen atoms in total. The molecule has 0 amide bonds. The van der Waals surface area contributed by atoms with E-state index in [0.29, 0.717) is 27.5 Å². The Bertz CT molecular complexity index is 943. The molecule has 0 bridgehead atoms. The summed E-state index contributed by atoms with van der Waals surface area (Å²) in [6.07, 6.45) is 0.820. The summed E-state index contributed by atoms with van der Waals surface area (Å²) in [4.78, 5) is 30.7. The Morgan fingerprint density at radius 1 is 1.39 bits per heavy atom. The number of thiophene rings is 1. The summed E-state index contributed by atoms with van der Waals surface area (Å²) >= 11 is 1.42. The summed E-state index contributed by atoms with van der Waals surface area (Å²) in [6, 6.07) is 6.09. The number of nitrogens with one attached hydrogen (secondary N) is 1. The summed E-state index contributed by atoms with van der Waals surface area (Å²) in [7, 11) is 0. The second kappa shape index (κ2) is 5.92. The molecule has 0 aliphatic rings. The molecule has 0 atom stereocenters. The van der Waals surface area contributed by atoms with Crippen molar-refractivity contribution in [1.82, 2.24) is 9.97 Å². The van der Waals surface area contributed by atoms with Crippen molar-refractivity contribution in [2.75, 3.05) is 0 Å². The van der Waals surface area contributed by atoms with Crippen LogP contribution in [-0.4, -0.2) is 14.9 Å². The molecule has 2 heterocycles. The maximum absolute atomic E-state index is 12.4. The minimum absolute atomic E-state index is 0.0306. The molecule has 3 rings (SSSR count). The Morgan fingerprint density at radius 3 is 2.87 bits per heavy atom. The van der Waals surface area contributed by atoms with Crippen LogP contribution in [-0.2, 0) is 6.42 Å². The third kappa shape index (κ3) is 3.00. The van der Waals surface area contributed by atoms with Crippen LogP contribution in [0.15, 0.2) is 34.4 Å². The molecule has 1 aromatic carbocycles. The van der Waals surface area contributed by atoms with Gasteiger partial charge < -0.3 is 4.98 Å². The maximum Gasteiger partial charge on any atom is 0.270 e. The number of hydrogen-bond donors (Lipinski definition) is 1. The van der Waals surface area contributed by atoms with Gasteiger partial charge in [0, 0.05) is 17.7 Å². The van der Waals surface area contributed by atoms with Gasteiger partial charge in [-0.25, -0.2) is 4.98 Å². The fraction of sp³-hybridized carbons (Fsp3) is 0.250. The molecule has 1 N–H and O–H groups in total. The van der Waals surface area contributed by atoms with Gasteiger partial charge in [-0.3, -0.25) is 14.9 Å². The highest BCUT2D eigenvalue weighted by atomic mass is 32.1. The first-order valence-corrected chi connectivity index (χ1v) is 8.09. The normalized spacial score (nSPS) is 11.3. The van der Waals surface area contributed by atoms with Crippen molar-refractivity contribution in [3.63, 3.8) is 0 Å². The highest BCUT2D eigenvalue weighted by Gasteiger charge is 2.14. The topological polar surface area (TPSA) is 88.9 Å². The van der Waals surface area contributed by atoms with Crippen molar-refractivity contribution >= 4 is 27.2 Å². The largest absolute Gasteiger partial charge is 0.306 e. The fourth-order valence-corrected chi connectivity index (χ4v) is 3.45. The van der Waals surface area contributed by atoms with Gasteiger partial charge in [0.25, 0.3) is 11.2 Å². The molecule has 0 aliphatic carbocycles. The van der Waals surface area contributed by atoms with Crippen molar-refractivity contribution in [3.8, 4) is 11.4 Å². The lowest BCUT2D eigenvalue weighted by atomic mass is 10.0. The van der Waals surface area contributed by atoms with Crippen molar-refractivity contribution in [1.29, 1.82) is 0 Å². The van der Waals surface area contributed by atoms with Crippen LogP contribution >= 0.6 is 11.3 Å². The second-order valence-corrected chi connectivity index (χ2v) is 6.62. The Morgan fingerprint density at radius 2 is 2.17 bits per heavy atom. The Kier molecular flexibility index (Phi) is 3.96. The number of benzene rings is 1. The highest BCUT2D eigenvalue weighted by Crippen LogP contribution is 2.26. The van der Waals surface area contributed by atoms with Crippen LogP contribution in [0.3, 0.4) is 0 Å². The molecule has 23 heavy (non-hydrogen) atoms.